The zero-order chi connectivity index (χ0) is 10.1. The Morgan fingerprint density at radius 1 is 1.50 bits per heavy atom. The van der Waals surface area contributed by atoms with Gasteiger partial charge < -0.3 is 0 Å². The number of benzene rings is 1. The molecule has 2 nitrogen and oxygen atoms in total. The molecule has 1 aromatic heterocycles. The van der Waals surface area contributed by atoms with Crippen molar-refractivity contribution < 1.29 is 9.18 Å². The third-order valence-corrected chi connectivity index (χ3v) is 2.99. The van der Waals surface area contributed by atoms with Gasteiger partial charge in [0.15, 0.2) is 6.29 Å². The topological polar surface area (TPSA) is 40.9 Å². The number of hydrogen-bond acceptors (Lipinski definition) is 3. The number of aldehydes is 1. The standard InChI is InChI=1S/C10H4FNOS/c11-9-2-1-6(5-13)10-8(9)3-7(4-12)14-10/h1-3,5H. The van der Waals surface area contributed by atoms with Crippen molar-refractivity contribution in [2.24, 2.45) is 0 Å². The molecule has 14 heavy (non-hydrogen) atoms. The zero-order valence-corrected chi connectivity index (χ0v) is 7.77. The molecule has 68 valence electrons. The van der Waals surface area contributed by atoms with Gasteiger partial charge in [0.2, 0.25) is 0 Å². The minimum absolute atomic E-state index is 0.344. The zero-order valence-electron chi connectivity index (χ0n) is 6.95. The maximum absolute atomic E-state index is 13.2. The fraction of sp³-hybridized carbons (Fsp3) is 0. The first kappa shape index (κ1) is 8.85. The summed E-state index contributed by atoms with van der Waals surface area (Å²) in [6.45, 7) is 0. The second-order valence-corrected chi connectivity index (χ2v) is 3.77. The van der Waals surface area contributed by atoms with Crippen LogP contribution >= 0.6 is 11.3 Å². The van der Waals surface area contributed by atoms with Crippen LogP contribution in [-0.2, 0) is 0 Å². The van der Waals surface area contributed by atoms with Gasteiger partial charge in [0.05, 0.1) is 0 Å². The summed E-state index contributed by atoms with van der Waals surface area (Å²) in [6.07, 6.45) is 0.666. The Bertz CT molecular complexity index is 553. The number of thiophene rings is 1. The van der Waals surface area contributed by atoms with E-state index in [0.29, 0.717) is 26.8 Å². The predicted octanol–water partition coefficient (Wildman–Crippen LogP) is 2.72. The number of hydrogen-bond donors (Lipinski definition) is 0. The number of rotatable bonds is 1. The van der Waals surface area contributed by atoms with Crippen molar-refractivity contribution in [2.75, 3.05) is 0 Å². The Kier molecular flexibility index (Phi) is 2.02. The maximum Gasteiger partial charge on any atom is 0.151 e. The fourth-order valence-electron chi connectivity index (χ4n) is 1.26. The minimum atomic E-state index is -0.400. The molecule has 0 atom stereocenters. The lowest BCUT2D eigenvalue weighted by molar-refractivity contribution is 0.112. The summed E-state index contributed by atoms with van der Waals surface area (Å²) in [6, 6.07) is 6.05. The van der Waals surface area contributed by atoms with E-state index in [4.69, 9.17) is 5.26 Å². The molecule has 0 fully saturated rings. The summed E-state index contributed by atoms with van der Waals surface area (Å²) < 4.78 is 13.8. The van der Waals surface area contributed by atoms with E-state index >= 15 is 0 Å². The SMILES string of the molecule is N#Cc1cc2c(F)ccc(C=O)c2s1. The van der Waals surface area contributed by atoms with E-state index in [0.717, 1.165) is 11.3 Å². The Hall–Kier alpha value is -1.73. The lowest BCUT2D eigenvalue weighted by atomic mass is 10.2. The normalized spacial score (nSPS) is 10.0. The van der Waals surface area contributed by atoms with E-state index in [-0.39, 0.29) is 0 Å². The molecule has 0 radical (unpaired) electrons. The Morgan fingerprint density at radius 2 is 2.29 bits per heavy atom. The second kappa shape index (κ2) is 3.20. The first-order valence-corrected chi connectivity index (χ1v) is 4.65. The molecule has 0 saturated carbocycles. The molecule has 1 aromatic carbocycles. The highest BCUT2D eigenvalue weighted by Crippen LogP contribution is 2.29. The van der Waals surface area contributed by atoms with E-state index in [1.54, 1.807) is 0 Å². The van der Waals surface area contributed by atoms with Gasteiger partial charge in [-0.2, -0.15) is 5.26 Å². The molecule has 2 aromatic rings. The van der Waals surface area contributed by atoms with Crippen LogP contribution in [0, 0.1) is 17.1 Å². The van der Waals surface area contributed by atoms with Gasteiger partial charge in [0.1, 0.15) is 16.8 Å². The monoisotopic (exact) mass is 205 g/mol. The highest BCUT2D eigenvalue weighted by atomic mass is 32.1. The lowest BCUT2D eigenvalue weighted by Gasteiger charge is -1.94. The molecule has 2 rings (SSSR count). The Labute approximate surface area is 83.2 Å². The number of halogens is 1. The van der Waals surface area contributed by atoms with E-state index in [1.807, 2.05) is 6.07 Å². The van der Waals surface area contributed by atoms with E-state index < -0.39 is 5.82 Å². The highest BCUT2D eigenvalue weighted by Gasteiger charge is 2.09. The molecule has 1 heterocycles. The number of carbonyl (C=O) groups excluding carboxylic acids is 1. The van der Waals surface area contributed by atoms with E-state index in [9.17, 15) is 9.18 Å². The molecule has 0 bridgehead atoms. The van der Waals surface area contributed by atoms with E-state index in [2.05, 4.69) is 0 Å². The van der Waals surface area contributed by atoms with Crippen molar-refractivity contribution in [1.82, 2.24) is 0 Å². The molecule has 0 aliphatic rings. The Morgan fingerprint density at radius 3 is 2.93 bits per heavy atom. The van der Waals surface area contributed by atoms with Crippen LogP contribution in [0.1, 0.15) is 15.2 Å². The van der Waals surface area contributed by atoms with Crippen LogP contribution < -0.4 is 0 Å². The maximum atomic E-state index is 13.2. The smallest absolute Gasteiger partial charge is 0.151 e. The van der Waals surface area contributed by atoms with Gasteiger partial charge in [-0.25, -0.2) is 4.39 Å². The number of fused-ring (bicyclic) bond motifs is 1. The third-order valence-electron chi connectivity index (χ3n) is 1.90. The van der Waals surface area contributed by atoms with Gasteiger partial charge in [0.25, 0.3) is 0 Å². The number of nitrogens with zero attached hydrogens (tertiary/aromatic N) is 1. The van der Waals surface area contributed by atoms with Crippen LogP contribution in [0.5, 0.6) is 0 Å². The summed E-state index contributed by atoms with van der Waals surface area (Å²) in [5.74, 6) is -0.400. The predicted molar refractivity (Wildman–Crippen MR) is 51.9 cm³/mol. The number of nitriles is 1. The quantitative estimate of drug-likeness (QED) is 0.671. The second-order valence-electron chi connectivity index (χ2n) is 2.72. The van der Waals surface area contributed by atoms with Gasteiger partial charge in [-0.05, 0) is 18.2 Å². The van der Waals surface area contributed by atoms with Crippen molar-refractivity contribution in [3.05, 3.63) is 34.5 Å². The molecular formula is C10H4FNOS. The first-order chi connectivity index (χ1) is 6.76. The molecule has 0 unspecified atom stereocenters. The minimum Gasteiger partial charge on any atom is -0.298 e. The molecule has 0 amide bonds. The van der Waals surface area contributed by atoms with Gasteiger partial charge in [0, 0.05) is 15.6 Å². The largest absolute Gasteiger partial charge is 0.298 e. The third kappa shape index (κ3) is 1.19. The molecule has 0 aliphatic heterocycles. The Balaban J connectivity index is 2.89. The van der Waals surface area contributed by atoms with Crippen molar-refractivity contribution in [3.8, 4) is 6.07 Å². The van der Waals surface area contributed by atoms with Crippen LogP contribution in [0.2, 0.25) is 0 Å². The van der Waals surface area contributed by atoms with Gasteiger partial charge in [-0.3, -0.25) is 4.79 Å². The molecule has 4 heteroatoms. The average molecular weight is 205 g/mol. The van der Waals surface area contributed by atoms with Gasteiger partial charge >= 0.3 is 0 Å². The molecule has 0 aliphatic carbocycles. The van der Waals surface area contributed by atoms with Crippen LogP contribution in [0.25, 0.3) is 10.1 Å². The average Bonchev–Trinajstić information content (AvgIpc) is 2.63. The summed E-state index contributed by atoms with van der Waals surface area (Å²) in [5, 5.41) is 8.99. The summed E-state index contributed by atoms with van der Waals surface area (Å²) in [5.41, 5.74) is 0.424. The summed E-state index contributed by atoms with van der Waals surface area (Å²) in [7, 11) is 0. The molecule has 0 spiro atoms. The van der Waals surface area contributed by atoms with Crippen molar-refractivity contribution >= 4 is 27.7 Å². The molecule has 0 saturated heterocycles. The van der Waals surface area contributed by atoms with Gasteiger partial charge in [-0.15, -0.1) is 11.3 Å². The van der Waals surface area contributed by atoms with Crippen molar-refractivity contribution in [1.29, 1.82) is 5.26 Å². The van der Waals surface area contributed by atoms with E-state index in [1.165, 1.54) is 18.2 Å². The van der Waals surface area contributed by atoms with Crippen LogP contribution in [0.15, 0.2) is 18.2 Å². The van der Waals surface area contributed by atoms with Crippen LogP contribution in [0.4, 0.5) is 4.39 Å². The van der Waals surface area contributed by atoms with Gasteiger partial charge in [-0.1, -0.05) is 0 Å². The highest BCUT2D eigenvalue weighted by molar-refractivity contribution is 7.19. The van der Waals surface area contributed by atoms with Crippen LogP contribution in [-0.4, -0.2) is 6.29 Å². The summed E-state index contributed by atoms with van der Waals surface area (Å²) >= 11 is 1.13. The van der Waals surface area contributed by atoms with Crippen molar-refractivity contribution in [3.63, 3.8) is 0 Å². The van der Waals surface area contributed by atoms with Crippen LogP contribution in [0.3, 0.4) is 0 Å². The van der Waals surface area contributed by atoms with Crippen molar-refractivity contribution in [2.45, 2.75) is 0 Å². The lowest BCUT2D eigenvalue weighted by Crippen LogP contribution is -1.81. The fourth-order valence-corrected chi connectivity index (χ4v) is 2.20. The summed E-state index contributed by atoms with van der Waals surface area (Å²) in [4.78, 5) is 11.0. The molecular weight excluding hydrogens is 201 g/mol. The molecule has 0 N–H and O–H groups in total. The number of carbonyl (C=O) groups is 1. The first-order valence-electron chi connectivity index (χ1n) is 3.83.